The van der Waals surface area contributed by atoms with Crippen molar-refractivity contribution in [3.8, 4) is 6.01 Å². The molecule has 0 amide bonds. The van der Waals surface area contributed by atoms with Gasteiger partial charge in [-0.1, -0.05) is 0 Å². The van der Waals surface area contributed by atoms with E-state index in [0.29, 0.717) is 0 Å². The Morgan fingerprint density at radius 2 is 2.38 bits per heavy atom. The number of aliphatic hydroxyl groups excluding tert-OH is 2. The number of ether oxygens (including phenoxy) is 2. The lowest BCUT2D eigenvalue weighted by Gasteiger charge is -2.14. The highest BCUT2D eigenvalue weighted by Crippen LogP contribution is 2.38. The fourth-order valence-corrected chi connectivity index (χ4v) is 2.04. The van der Waals surface area contributed by atoms with Crippen LogP contribution in [0.3, 0.4) is 0 Å². The van der Waals surface area contributed by atoms with Crippen LogP contribution >= 0.6 is 0 Å². The summed E-state index contributed by atoms with van der Waals surface area (Å²) in [4.78, 5) is 3.88. The SMILES string of the molecule is N=c1ccn2c(n1)OC1[C@@H](O)[C@@H](CO)O[C@H]12. The third kappa shape index (κ3) is 1.19. The summed E-state index contributed by atoms with van der Waals surface area (Å²) in [5, 5.41) is 26.1. The van der Waals surface area contributed by atoms with Crippen molar-refractivity contribution in [2.45, 2.75) is 24.5 Å². The Hall–Kier alpha value is -1.44. The highest BCUT2D eigenvalue weighted by Gasteiger charge is 2.50. The first kappa shape index (κ1) is 9.76. The number of nitrogens with one attached hydrogen (secondary N) is 1. The van der Waals surface area contributed by atoms with Gasteiger partial charge in [-0.2, -0.15) is 4.98 Å². The maximum Gasteiger partial charge on any atom is 0.301 e. The Morgan fingerprint density at radius 1 is 1.56 bits per heavy atom. The third-order valence-electron chi connectivity index (χ3n) is 2.84. The van der Waals surface area contributed by atoms with Crippen LogP contribution in [0.4, 0.5) is 0 Å². The van der Waals surface area contributed by atoms with Crippen molar-refractivity contribution in [3.05, 3.63) is 17.8 Å². The number of hydrogen-bond acceptors (Lipinski definition) is 6. The van der Waals surface area contributed by atoms with E-state index < -0.39 is 24.5 Å². The number of aliphatic hydroxyl groups is 2. The van der Waals surface area contributed by atoms with E-state index in [1.165, 1.54) is 6.07 Å². The summed E-state index contributed by atoms with van der Waals surface area (Å²) in [7, 11) is 0. The topological polar surface area (TPSA) is 101 Å². The van der Waals surface area contributed by atoms with Crippen LogP contribution in [0.2, 0.25) is 0 Å². The molecule has 0 radical (unpaired) electrons. The molecule has 16 heavy (non-hydrogen) atoms. The Balaban J connectivity index is 1.99. The van der Waals surface area contributed by atoms with Gasteiger partial charge in [0, 0.05) is 6.20 Å². The molecule has 0 spiro atoms. The van der Waals surface area contributed by atoms with E-state index in [1.807, 2.05) is 0 Å². The zero-order valence-corrected chi connectivity index (χ0v) is 8.28. The monoisotopic (exact) mass is 225 g/mol. The average Bonchev–Trinajstić information content (AvgIpc) is 2.75. The first-order valence-electron chi connectivity index (χ1n) is 4.95. The zero-order chi connectivity index (χ0) is 11.3. The minimum Gasteiger partial charge on any atom is -0.454 e. The maximum absolute atomic E-state index is 9.80. The van der Waals surface area contributed by atoms with Crippen LogP contribution in [0.5, 0.6) is 6.01 Å². The molecule has 3 rings (SSSR count). The molecule has 1 saturated heterocycles. The molecule has 1 aromatic heterocycles. The molecular weight excluding hydrogens is 214 g/mol. The van der Waals surface area contributed by atoms with Crippen LogP contribution in [0.25, 0.3) is 0 Å². The van der Waals surface area contributed by atoms with Crippen LogP contribution in [-0.4, -0.2) is 44.7 Å². The van der Waals surface area contributed by atoms with Crippen LogP contribution in [0.15, 0.2) is 12.3 Å². The Morgan fingerprint density at radius 3 is 3.12 bits per heavy atom. The second-order valence-electron chi connectivity index (χ2n) is 3.82. The summed E-state index contributed by atoms with van der Waals surface area (Å²) in [6.07, 6.45) is -0.930. The highest BCUT2D eigenvalue weighted by molar-refractivity contribution is 5.10. The number of nitrogens with zero attached hydrogens (tertiary/aromatic N) is 2. The van der Waals surface area contributed by atoms with Gasteiger partial charge in [0.25, 0.3) is 0 Å². The quantitative estimate of drug-likeness (QED) is 0.533. The van der Waals surface area contributed by atoms with Gasteiger partial charge in [-0.3, -0.25) is 9.98 Å². The van der Waals surface area contributed by atoms with E-state index in [1.54, 1.807) is 10.8 Å². The molecular formula is C9H11N3O4. The Bertz CT molecular complexity index is 474. The fourth-order valence-electron chi connectivity index (χ4n) is 2.04. The summed E-state index contributed by atoms with van der Waals surface area (Å²) in [6.45, 7) is -0.253. The van der Waals surface area contributed by atoms with Crippen molar-refractivity contribution in [3.63, 3.8) is 0 Å². The minimum absolute atomic E-state index is 0.0967. The molecule has 1 aromatic rings. The van der Waals surface area contributed by atoms with Gasteiger partial charge < -0.3 is 19.7 Å². The zero-order valence-electron chi connectivity index (χ0n) is 8.28. The lowest BCUT2D eigenvalue weighted by molar-refractivity contribution is -0.0434. The van der Waals surface area contributed by atoms with E-state index in [9.17, 15) is 5.11 Å². The summed E-state index contributed by atoms with van der Waals surface area (Å²) >= 11 is 0. The van der Waals surface area contributed by atoms with Crippen molar-refractivity contribution in [2.75, 3.05) is 6.61 Å². The van der Waals surface area contributed by atoms with Crippen molar-refractivity contribution < 1.29 is 19.7 Å². The third-order valence-corrected chi connectivity index (χ3v) is 2.84. The van der Waals surface area contributed by atoms with Crippen molar-refractivity contribution >= 4 is 0 Å². The molecule has 1 unspecified atom stereocenters. The smallest absolute Gasteiger partial charge is 0.301 e. The molecule has 3 heterocycles. The van der Waals surface area contributed by atoms with Gasteiger partial charge in [0.2, 0.25) is 0 Å². The van der Waals surface area contributed by atoms with Gasteiger partial charge >= 0.3 is 6.01 Å². The summed E-state index contributed by atoms with van der Waals surface area (Å²) in [5.41, 5.74) is 0.0967. The normalized spacial score (nSPS) is 35.6. The van der Waals surface area contributed by atoms with Crippen molar-refractivity contribution in [1.82, 2.24) is 9.55 Å². The number of fused-ring (bicyclic) bond motifs is 3. The van der Waals surface area contributed by atoms with Crippen molar-refractivity contribution in [2.24, 2.45) is 0 Å². The van der Waals surface area contributed by atoms with Gasteiger partial charge in [0.05, 0.1) is 6.61 Å². The van der Waals surface area contributed by atoms with Crippen LogP contribution < -0.4 is 10.2 Å². The van der Waals surface area contributed by atoms with E-state index in [2.05, 4.69) is 4.98 Å². The van der Waals surface area contributed by atoms with Crippen LogP contribution in [-0.2, 0) is 4.74 Å². The van der Waals surface area contributed by atoms with Crippen LogP contribution in [0, 0.1) is 5.41 Å². The Labute approximate surface area is 90.4 Å². The second kappa shape index (κ2) is 3.27. The molecule has 2 aliphatic heterocycles. The predicted molar refractivity (Wildman–Crippen MR) is 49.5 cm³/mol. The highest BCUT2D eigenvalue weighted by atomic mass is 16.6. The van der Waals surface area contributed by atoms with E-state index in [0.717, 1.165) is 0 Å². The van der Waals surface area contributed by atoms with E-state index in [4.69, 9.17) is 20.0 Å². The number of hydrogen-bond donors (Lipinski definition) is 3. The number of rotatable bonds is 1. The number of aromatic nitrogens is 2. The Kier molecular flexibility index (Phi) is 2.00. The molecule has 4 atom stereocenters. The molecule has 0 bridgehead atoms. The molecule has 3 N–H and O–H groups in total. The van der Waals surface area contributed by atoms with Gasteiger partial charge in [-0.15, -0.1) is 0 Å². The molecule has 2 aliphatic rings. The largest absolute Gasteiger partial charge is 0.454 e. The molecule has 0 aromatic carbocycles. The van der Waals surface area contributed by atoms with Crippen LogP contribution in [0.1, 0.15) is 6.23 Å². The summed E-state index contributed by atoms with van der Waals surface area (Å²) in [5.74, 6) is 0. The van der Waals surface area contributed by atoms with E-state index >= 15 is 0 Å². The molecule has 7 nitrogen and oxygen atoms in total. The molecule has 0 aliphatic carbocycles. The van der Waals surface area contributed by atoms with Gasteiger partial charge in [0.1, 0.15) is 12.2 Å². The molecule has 1 fully saturated rings. The lowest BCUT2D eigenvalue weighted by atomic mass is 10.1. The molecule has 86 valence electrons. The fraction of sp³-hybridized carbons (Fsp3) is 0.556. The van der Waals surface area contributed by atoms with Crippen molar-refractivity contribution in [1.29, 1.82) is 5.41 Å². The van der Waals surface area contributed by atoms with E-state index in [-0.39, 0.29) is 18.1 Å². The second-order valence-corrected chi connectivity index (χ2v) is 3.82. The lowest BCUT2D eigenvalue weighted by Crippen LogP contribution is -2.34. The van der Waals surface area contributed by atoms with Gasteiger partial charge in [0.15, 0.2) is 17.8 Å². The summed E-state index contributed by atoms with van der Waals surface area (Å²) in [6, 6.07) is 1.77. The first-order chi connectivity index (χ1) is 7.70. The average molecular weight is 225 g/mol. The maximum atomic E-state index is 9.80. The molecule has 7 heteroatoms. The first-order valence-corrected chi connectivity index (χ1v) is 4.95. The minimum atomic E-state index is -0.883. The van der Waals surface area contributed by atoms with Gasteiger partial charge in [-0.05, 0) is 6.07 Å². The molecule has 0 saturated carbocycles. The predicted octanol–water partition coefficient (Wildman–Crippen LogP) is -1.63. The standard InChI is InChI=1S/C9H11N3O4/c10-5-1-2-12-8-7(16-9(12)11-5)6(14)4(3-13)15-8/h1-2,4,6-8,10,13-14H,3H2/t4-,6+,7?,8-/m1/s1. The van der Waals surface area contributed by atoms with Gasteiger partial charge in [-0.25, -0.2) is 0 Å². The summed E-state index contributed by atoms with van der Waals surface area (Å²) < 4.78 is 12.5.